The van der Waals surface area contributed by atoms with Crippen LogP contribution in [0.2, 0.25) is 0 Å². The molecule has 0 aromatic heterocycles. The van der Waals surface area contributed by atoms with Crippen LogP contribution in [0.15, 0.2) is 0 Å². The van der Waals surface area contributed by atoms with Crippen molar-refractivity contribution in [3.63, 3.8) is 0 Å². The Bertz CT molecular complexity index is 45.7. The van der Waals surface area contributed by atoms with Crippen molar-refractivity contribution in [2.45, 2.75) is 25.9 Å². The Morgan fingerprint density at radius 2 is 2.12 bits per heavy atom. The van der Waals surface area contributed by atoms with Gasteiger partial charge in [-0.1, -0.05) is 13.3 Å². The summed E-state index contributed by atoms with van der Waals surface area (Å²) in [4.78, 5) is 0. The van der Waals surface area contributed by atoms with Crippen LogP contribution in [0.4, 0.5) is 0 Å². The standard InChI is InChI=1S/C5H10O.Na.HO.H/c1-2-3-5-4-6-5;;;/h5H,2-4H2,1H3;;1H;. The molecule has 0 aromatic rings. The van der Waals surface area contributed by atoms with Crippen LogP contribution in [-0.2, 0) is 4.74 Å². The molecular weight excluding hydrogens is 115 g/mol. The van der Waals surface area contributed by atoms with Crippen molar-refractivity contribution in [2.24, 2.45) is 0 Å². The summed E-state index contributed by atoms with van der Waals surface area (Å²) in [5, 5.41) is 0. The summed E-state index contributed by atoms with van der Waals surface area (Å²) in [5.41, 5.74) is 0. The predicted octanol–water partition coefficient (Wildman–Crippen LogP) is 0.360. The van der Waals surface area contributed by atoms with Crippen LogP contribution in [0.3, 0.4) is 0 Å². The Hall–Kier alpha value is 0.920. The largest absolute Gasteiger partial charge is 0.255 e. The van der Waals surface area contributed by atoms with Gasteiger partial charge in [0.05, 0.1) is 12.7 Å². The van der Waals surface area contributed by atoms with E-state index < -0.39 is 0 Å². The Morgan fingerprint density at radius 1 is 1.62 bits per heavy atom. The maximum Gasteiger partial charge on any atom is -0.255 e. The van der Waals surface area contributed by atoms with Gasteiger partial charge in [0.15, 0.2) is 0 Å². The Morgan fingerprint density at radius 3 is 2.25 bits per heavy atom. The summed E-state index contributed by atoms with van der Waals surface area (Å²) in [5.74, 6) is 0. The maximum absolute atomic E-state index is 4.95. The first kappa shape index (κ1) is 11.7. The van der Waals surface area contributed by atoms with Gasteiger partial charge in [-0.2, -0.15) is 0 Å². The summed E-state index contributed by atoms with van der Waals surface area (Å²) < 4.78 is 4.95. The fourth-order valence-corrected chi connectivity index (χ4v) is 0.557. The van der Waals surface area contributed by atoms with E-state index in [-0.39, 0.29) is 35.0 Å². The Balaban J connectivity index is 0. The summed E-state index contributed by atoms with van der Waals surface area (Å²) in [6, 6.07) is 0. The van der Waals surface area contributed by atoms with Crippen LogP contribution in [0.25, 0.3) is 0 Å². The second kappa shape index (κ2) is 6.05. The normalized spacial score (nSPS) is 22.9. The molecule has 2 nitrogen and oxygen atoms in total. The molecule has 0 spiro atoms. The second-order valence-corrected chi connectivity index (χ2v) is 1.74. The smallest absolute Gasteiger partial charge is 0.255 e. The molecule has 0 saturated carbocycles. The molecule has 0 amide bonds. The van der Waals surface area contributed by atoms with Gasteiger partial charge in [-0.25, -0.2) is 0 Å². The molecular formula is C5H12NaO2. The monoisotopic (exact) mass is 127 g/mol. The third kappa shape index (κ3) is 5.06. The minimum absolute atomic E-state index is 0. The van der Waals surface area contributed by atoms with Crippen molar-refractivity contribution in [3.05, 3.63) is 0 Å². The van der Waals surface area contributed by atoms with Gasteiger partial charge in [-0.3, -0.25) is 5.48 Å². The van der Waals surface area contributed by atoms with E-state index in [4.69, 9.17) is 4.74 Å². The van der Waals surface area contributed by atoms with Crippen molar-refractivity contribution in [1.82, 2.24) is 0 Å². The molecule has 0 bridgehead atoms. The molecule has 0 aromatic carbocycles. The van der Waals surface area contributed by atoms with Crippen LogP contribution in [-0.4, -0.2) is 47.7 Å². The van der Waals surface area contributed by atoms with E-state index in [1.54, 1.807) is 0 Å². The molecule has 1 rings (SSSR count). The predicted molar refractivity (Wildman–Crippen MR) is 33.7 cm³/mol. The van der Waals surface area contributed by atoms with Gasteiger partial charge in [0, 0.05) is 0 Å². The van der Waals surface area contributed by atoms with E-state index in [2.05, 4.69) is 6.92 Å². The summed E-state index contributed by atoms with van der Waals surface area (Å²) in [6.07, 6.45) is 3.18. The van der Waals surface area contributed by atoms with Crippen molar-refractivity contribution in [1.29, 1.82) is 0 Å². The number of hydrogen-bond donors (Lipinski definition) is 1. The van der Waals surface area contributed by atoms with Crippen molar-refractivity contribution in [2.75, 3.05) is 6.61 Å². The van der Waals surface area contributed by atoms with Crippen molar-refractivity contribution < 1.29 is 10.2 Å². The van der Waals surface area contributed by atoms with Crippen LogP contribution in [0, 0.1) is 0 Å². The van der Waals surface area contributed by atoms with E-state index in [0.29, 0.717) is 6.10 Å². The van der Waals surface area contributed by atoms with Gasteiger partial charge < -0.3 is 4.74 Å². The van der Waals surface area contributed by atoms with Gasteiger partial charge in [-0.15, -0.1) is 0 Å². The molecule has 45 valence electrons. The molecule has 1 fully saturated rings. The van der Waals surface area contributed by atoms with Crippen molar-refractivity contribution >= 4 is 29.6 Å². The summed E-state index contributed by atoms with van der Waals surface area (Å²) in [7, 11) is 0. The molecule has 1 heterocycles. The number of epoxide rings is 1. The van der Waals surface area contributed by atoms with E-state index in [1.807, 2.05) is 0 Å². The van der Waals surface area contributed by atoms with Crippen LogP contribution >= 0.6 is 0 Å². The van der Waals surface area contributed by atoms with Crippen molar-refractivity contribution in [3.8, 4) is 0 Å². The summed E-state index contributed by atoms with van der Waals surface area (Å²) in [6.45, 7) is 3.20. The van der Waals surface area contributed by atoms with Gasteiger partial charge in [0.1, 0.15) is 0 Å². The molecule has 1 atom stereocenters. The first-order chi connectivity index (χ1) is 2.93. The van der Waals surface area contributed by atoms with E-state index in [0.717, 1.165) is 6.61 Å². The number of ether oxygens (including phenoxy) is 1. The molecule has 1 aliphatic rings. The molecule has 1 unspecified atom stereocenters. The molecule has 8 heavy (non-hydrogen) atoms. The fraction of sp³-hybridized carbons (Fsp3) is 1.00. The zero-order valence-electron chi connectivity index (χ0n) is 4.55. The van der Waals surface area contributed by atoms with Crippen LogP contribution < -0.4 is 0 Å². The zero-order valence-corrected chi connectivity index (χ0v) is 4.55. The third-order valence-corrected chi connectivity index (χ3v) is 1.01. The quantitative estimate of drug-likeness (QED) is 0.422. The van der Waals surface area contributed by atoms with E-state index in [1.165, 1.54) is 12.8 Å². The first-order valence-electron chi connectivity index (χ1n) is 2.55. The average Bonchev–Trinajstić information content (AvgIpc) is 2.21. The number of rotatable bonds is 2. The minimum Gasteiger partial charge on any atom is -0.255 e. The third-order valence-electron chi connectivity index (χ3n) is 1.01. The van der Waals surface area contributed by atoms with Gasteiger partial charge >= 0.3 is 29.6 Å². The topological polar surface area (TPSA) is 42.5 Å². The fourth-order valence-electron chi connectivity index (χ4n) is 0.557. The average molecular weight is 127 g/mol. The van der Waals surface area contributed by atoms with Gasteiger partial charge in [0.25, 0.3) is 0 Å². The molecule has 1 radical (unpaired) electrons. The van der Waals surface area contributed by atoms with E-state index in [9.17, 15) is 0 Å². The molecule has 1 saturated heterocycles. The van der Waals surface area contributed by atoms with Gasteiger partial charge in [0.2, 0.25) is 0 Å². The summed E-state index contributed by atoms with van der Waals surface area (Å²) >= 11 is 0. The molecule has 3 heteroatoms. The zero-order chi connectivity index (χ0) is 4.41. The Kier molecular flexibility index (Phi) is 8.83. The molecule has 1 N–H and O–H groups in total. The van der Waals surface area contributed by atoms with Crippen LogP contribution in [0.1, 0.15) is 19.8 Å². The Labute approximate surface area is 72.2 Å². The SMILES string of the molecule is CCCC1CO1.[NaH].[OH]. The first-order valence-corrected chi connectivity index (χ1v) is 2.55. The maximum atomic E-state index is 4.95. The van der Waals surface area contributed by atoms with Gasteiger partial charge in [-0.05, 0) is 6.42 Å². The number of hydrogen-bond acceptors (Lipinski definition) is 1. The van der Waals surface area contributed by atoms with Crippen LogP contribution in [0.5, 0.6) is 0 Å². The molecule has 0 aliphatic carbocycles. The second-order valence-electron chi connectivity index (χ2n) is 1.74. The van der Waals surface area contributed by atoms with E-state index >= 15 is 0 Å². The molecule has 1 aliphatic heterocycles. The minimum atomic E-state index is 0.